The molecule has 0 saturated carbocycles. The van der Waals surface area contributed by atoms with E-state index in [0.717, 1.165) is 11.8 Å². The van der Waals surface area contributed by atoms with E-state index in [1.807, 2.05) is 0 Å². The summed E-state index contributed by atoms with van der Waals surface area (Å²) in [5, 5.41) is 16.0. The number of esters is 1. The predicted molar refractivity (Wildman–Crippen MR) is 105 cm³/mol. The Morgan fingerprint density at radius 1 is 1.20 bits per heavy atom. The zero-order valence-electron chi connectivity index (χ0n) is 15.9. The summed E-state index contributed by atoms with van der Waals surface area (Å²) in [5.41, 5.74) is 0.188. The third-order valence-corrected chi connectivity index (χ3v) is 5.37. The van der Waals surface area contributed by atoms with Crippen LogP contribution in [0.1, 0.15) is 30.1 Å². The number of unbranched alkanes of at least 4 members (excludes halogenated alkanes) is 1. The molecule has 0 bridgehead atoms. The molecule has 166 valence electrons. The first-order chi connectivity index (χ1) is 14.0. The van der Waals surface area contributed by atoms with Crippen LogP contribution in [0.2, 0.25) is 0 Å². The van der Waals surface area contributed by atoms with Crippen LogP contribution in [0.5, 0.6) is 0 Å². The molecule has 1 atom stereocenters. The number of amides is 1. The van der Waals surface area contributed by atoms with Gasteiger partial charge in [0.1, 0.15) is 6.04 Å². The van der Waals surface area contributed by atoms with Crippen molar-refractivity contribution in [3.05, 3.63) is 39.9 Å². The fraction of sp³-hybridized carbons (Fsp3) is 0.438. The molecule has 30 heavy (non-hydrogen) atoms. The Bertz CT molecular complexity index is 872. The highest BCUT2D eigenvalue weighted by atomic mass is 32.2. The lowest BCUT2D eigenvalue weighted by Crippen LogP contribution is -2.43. The maximum Gasteiger partial charge on any atom is 0.329 e. The largest absolute Gasteiger partial charge is 0.464 e. The minimum absolute atomic E-state index is 0.0381. The predicted octanol–water partition coefficient (Wildman–Crippen LogP) is 0.244. The van der Waals surface area contributed by atoms with Crippen molar-refractivity contribution < 1.29 is 37.5 Å². The number of hydrogen-bond acceptors (Lipinski definition) is 10. The van der Waals surface area contributed by atoms with Crippen molar-refractivity contribution in [2.45, 2.75) is 30.7 Å². The molecule has 0 saturated heterocycles. The molecule has 0 spiro atoms. The highest BCUT2D eigenvalue weighted by molar-refractivity contribution is 8.14. The van der Waals surface area contributed by atoms with Gasteiger partial charge in [-0.05, 0) is 37.1 Å². The summed E-state index contributed by atoms with van der Waals surface area (Å²) in [6.45, 7) is 1.03. The van der Waals surface area contributed by atoms with Gasteiger partial charge in [-0.25, -0.2) is 18.4 Å². The number of primary sulfonamides is 1. The summed E-state index contributed by atoms with van der Waals surface area (Å²) >= 11 is 0.742. The standard InChI is InChI=1S/C16H21N3O9S2/c1-11(20)18-14(15(21)27-8-2-3-9-28-19(23)24)10-29-16(22)12-4-6-13(7-5-12)30(17,25)26/h4-7,14H,2-3,8-10H2,1H3,(H,18,20)(H2,17,25,26). The monoisotopic (exact) mass is 463 g/mol. The van der Waals surface area contributed by atoms with Crippen molar-refractivity contribution in [2.24, 2.45) is 5.14 Å². The molecule has 12 nitrogen and oxygen atoms in total. The molecule has 0 heterocycles. The Kier molecular flexibility index (Phi) is 10.2. The Labute approximate surface area is 176 Å². The summed E-state index contributed by atoms with van der Waals surface area (Å²) < 4.78 is 27.5. The molecule has 3 N–H and O–H groups in total. The van der Waals surface area contributed by atoms with Gasteiger partial charge in [0.15, 0.2) is 0 Å². The Balaban J connectivity index is 2.56. The van der Waals surface area contributed by atoms with E-state index < -0.39 is 38.1 Å². The molecule has 1 rings (SSSR count). The van der Waals surface area contributed by atoms with E-state index in [1.165, 1.54) is 31.2 Å². The molecule has 1 amide bonds. The van der Waals surface area contributed by atoms with E-state index in [2.05, 4.69) is 10.2 Å². The van der Waals surface area contributed by atoms with Gasteiger partial charge in [0, 0.05) is 18.2 Å². The average Bonchev–Trinajstić information content (AvgIpc) is 2.66. The fourth-order valence-corrected chi connectivity index (χ4v) is 3.41. The molecule has 0 aromatic heterocycles. The Morgan fingerprint density at radius 3 is 2.33 bits per heavy atom. The number of hydrogen-bond donors (Lipinski definition) is 2. The molecule has 0 aliphatic rings. The van der Waals surface area contributed by atoms with Gasteiger partial charge >= 0.3 is 5.97 Å². The van der Waals surface area contributed by atoms with Crippen molar-refractivity contribution in [1.82, 2.24) is 5.32 Å². The molecular weight excluding hydrogens is 442 g/mol. The third-order valence-electron chi connectivity index (χ3n) is 3.44. The summed E-state index contributed by atoms with van der Waals surface area (Å²) in [5.74, 6) is -1.37. The van der Waals surface area contributed by atoms with Crippen LogP contribution in [0.15, 0.2) is 29.2 Å². The van der Waals surface area contributed by atoms with E-state index in [1.54, 1.807) is 0 Å². The number of nitrogens with one attached hydrogen (secondary N) is 1. The molecule has 14 heteroatoms. The van der Waals surface area contributed by atoms with E-state index >= 15 is 0 Å². The molecule has 1 unspecified atom stereocenters. The normalized spacial score (nSPS) is 11.9. The number of nitrogens with zero attached hydrogens (tertiary/aromatic N) is 1. The molecular formula is C16H21N3O9S2. The minimum Gasteiger partial charge on any atom is -0.464 e. The zero-order valence-corrected chi connectivity index (χ0v) is 17.6. The van der Waals surface area contributed by atoms with Gasteiger partial charge in [-0.15, -0.1) is 10.1 Å². The van der Waals surface area contributed by atoms with Crippen LogP contribution in [0, 0.1) is 10.1 Å². The number of carbonyl (C=O) groups excluding carboxylic acids is 3. The van der Waals surface area contributed by atoms with E-state index in [0.29, 0.717) is 12.8 Å². The van der Waals surface area contributed by atoms with Gasteiger partial charge in [0.2, 0.25) is 21.0 Å². The van der Waals surface area contributed by atoms with Crippen molar-refractivity contribution in [1.29, 1.82) is 0 Å². The van der Waals surface area contributed by atoms with Gasteiger partial charge in [0.05, 0.1) is 18.1 Å². The number of sulfonamides is 1. The summed E-state index contributed by atoms with van der Waals surface area (Å²) in [6, 6.07) is 3.85. The molecule has 0 fully saturated rings. The van der Waals surface area contributed by atoms with Gasteiger partial charge in [-0.3, -0.25) is 9.59 Å². The van der Waals surface area contributed by atoms with Gasteiger partial charge < -0.3 is 14.9 Å². The van der Waals surface area contributed by atoms with Crippen LogP contribution < -0.4 is 10.5 Å². The van der Waals surface area contributed by atoms with Crippen molar-refractivity contribution in [3.8, 4) is 0 Å². The van der Waals surface area contributed by atoms with Crippen LogP contribution >= 0.6 is 11.8 Å². The number of nitrogens with two attached hydrogens (primary N) is 1. The highest BCUT2D eigenvalue weighted by Gasteiger charge is 2.23. The lowest BCUT2D eigenvalue weighted by Gasteiger charge is -2.16. The summed E-state index contributed by atoms with van der Waals surface area (Å²) in [4.78, 5) is 49.7. The number of ether oxygens (including phenoxy) is 1. The SMILES string of the molecule is CC(=O)NC(CSC(=O)c1ccc(S(N)(=O)=O)cc1)C(=O)OCCCCO[N+](=O)[O-]. The first-order valence-corrected chi connectivity index (χ1v) is 11.0. The maximum absolute atomic E-state index is 12.3. The second-order valence-electron chi connectivity index (χ2n) is 5.85. The second kappa shape index (κ2) is 12.1. The maximum atomic E-state index is 12.3. The quantitative estimate of drug-likeness (QED) is 0.188. The molecule has 1 aromatic rings. The van der Waals surface area contributed by atoms with E-state index in [-0.39, 0.29) is 29.4 Å². The Morgan fingerprint density at radius 2 is 1.80 bits per heavy atom. The number of thioether (sulfide) groups is 1. The second-order valence-corrected chi connectivity index (χ2v) is 8.41. The molecule has 1 aromatic carbocycles. The topological polar surface area (TPSA) is 185 Å². The van der Waals surface area contributed by atoms with Crippen molar-refractivity contribution >= 4 is 38.8 Å². The van der Waals surface area contributed by atoms with Gasteiger partial charge in [-0.1, -0.05) is 11.8 Å². The van der Waals surface area contributed by atoms with Crippen LogP contribution in [-0.4, -0.2) is 55.5 Å². The van der Waals surface area contributed by atoms with Gasteiger partial charge in [0.25, 0.3) is 5.09 Å². The van der Waals surface area contributed by atoms with Crippen molar-refractivity contribution in [3.63, 3.8) is 0 Å². The third kappa shape index (κ3) is 9.67. The van der Waals surface area contributed by atoms with Crippen LogP contribution in [0.25, 0.3) is 0 Å². The molecule has 0 aliphatic heterocycles. The lowest BCUT2D eigenvalue weighted by molar-refractivity contribution is -0.757. The van der Waals surface area contributed by atoms with Crippen LogP contribution in [0.4, 0.5) is 0 Å². The first kappa shape index (κ1) is 25.3. The van der Waals surface area contributed by atoms with Crippen molar-refractivity contribution in [2.75, 3.05) is 19.0 Å². The summed E-state index contributed by atoms with van der Waals surface area (Å²) in [6.07, 6.45) is 0.607. The molecule has 0 aliphatic carbocycles. The summed E-state index contributed by atoms with van der Waals surface area (Å²) in [7, 11) is -3.88. The van der Waals surface area contributed by atoms with Crippen LogP contribution in [-0.2, 0) is 29.2 Å². The van der Waals surface area contributed by atoms with Crippen LogP contribution in [0.3, 0.4) is 0 Å². The number of benzene rings is 1. The number of rotatable bonds is 12. The van der Waals surface area contributed by atoms with E-state index in [9.17, 15) is 32.9 Å². The molecule has 0 radical (unpaired) electrons. The van der Waals surface area contributed by atoms with E-state index in [4.69, 9.17) is 9.88 Å². The minimum atomic E-state index is -3.88. The smallest absolute Gasteiger partial charge is 0.329 e. The average molecular weight is 463 g/mol. The zero-order chi connectivity index (χ0) is 22.7. The first-order valence-electron chi connectivity index (χ1n) is 8.51. The van der Waals surface area contributed by atoms with Gasteiger partial charge in [-0.2, -0.15) is 0 Å². The Hall–Kier alpha value is -2.71. The number of carbonyl (C=O) groups is 3. The highest BCUT2D eigenvalue weighted by Crippen LogP contribution is 2.16. The lowest BCUT2D eigenvalue weighted by atomic mass is 10.2. The fourth-order valence-electron chi connectivity index (χ4n) is 2.05.